The van der Waals surface area contributed by atoms with Gasteiger partial charge in [-0.15, -0.1) is 0 Å². The molecule has 0 saturated carbocycles. The second kappa shape index (κ2) is 8.29. The van der Waals surface area contributed by atoms with Gasteiger partial charge in [-0.3, -0.25) is 0 Å². The molecule has 1 atom stereocenters. The van der Waals surface area contributed by atoms with E-state index in [1.54, 1.807) is 0 Å². The van der Waals surface area contributed by atoms with E-state index in [1.165, 1.54) is 6.07 Å². The van der Waals surface area contributed by atoms with E-state index >= 15 is 0 Å². The first-order chi connectivity index (χ1) is 12.8. The van der Waals surface area contributed by atoms with Crippen LogP contribution in [0.2, 0.25) is 0 Å². The molecular formula is C19H26F3N5. The van der Waals surface area contributed by atoms with Crippen molar-refractivity contribution in [1.82, 2.24) is 19.4 Å². The fourth-order valence-electron chi connectivity index (χ4n) is 3.56. The molecule has 0 spiro atoms. The Morgan fingerprint density at radius 1 is 1.22 bits per heavy atom. The van der Waals surface area contributed by atoms with Crippen molar-refractivity contribution in [2.75, 3.05) is 38.6 Å². The average Bonchev–Trinajstić information content (AvgIpc) is 3.09. The first-order valence-corrected chi connectivity index (χ1v) is 9.28. The minimum atomic E-state index is -4.35. The number of hydrogen-bond acceptors (Lipinski definition) is 4. The summed E-state index contributed by atoms with van der Waals surface area (Å²) < 4.78 is 40.4. The Hall–Kier alpha value is -2.09. The molecule has 1 aliphatic rings. The van der Waals surface area contributed by atoms with Crippen molar-refractivity contribution in [3.63, 3.8) is 0 Å². The molecule has 0 radical (unpaired) electrons. The quantitative estimate of drug-likeness (QED) is 0.766. The molecule has 1 fully saturated rings. The predicted molar refractivity (Wildman–Crippen MR) is 98.8 cm³/mol. The highest BCUT2D eigenvalue weighted by molar-refractivity contribution is 5.41. The van der Waals surface area contributed by atoms with Gasteiger partial charge in [-0.25, -0.2) is 9.97 Å². The molecule has 148 valence electrons. The summed E-state index contributed by atoms with van der Waals surface area (Å²) >= 11 is 0. The van der Waals surface area contributed by atoms with Gasteiger partial charge in [0.1, 0.15) is 11.6 Å². The molecule has 0 amide bonds. The fourth-order valence-corrected chi connectivity index (χ4v) is 3.56. The Balaban J connectivity index is 1.67. The van der Waals surface area contributed by atoms with Crippen LogP contribution in [0.15, 0.2) is 30.7 Å². The lowest BCUT2D eigenvalue weighted by Crippen LogP contribution is -2.36. The van der Waals surface area contributed by atoms with Crippen LogP contribution in [-0.4, -0.2) is 53.2 Å². The van der Waals surface area contributed by atoms with Gasteiger partial charge in [-0.1, -0.05) is 0 Å². The number of rotatable bonds is 6. The van der Waals surface area contributed by atoms with Gasteiger partial charge >= 0.3 is 6.18 Å². The number of nitrogens with zero attached hydrogens (tertiary/aromatic N) is 5. The van der Waals surface area contributed by atoms with Crippen molar-refractivity contribution >= 4 is 5.82 Å². The fraction of sp³-hybridized carbons (Fsp3) is 0.579. The first-order valence-electron chi connectivity index (χ1n) is 9.28. The molecule has 0 bridgehead atoms. The summed E-state index contributed by atoms with van der Waals surface area (Å²) in [5.41, 5.74) is -0.712. The lowest BCUT2D eigenvalue weighted by Gasteiger charge is -2.33. The summed E-state index contributed by atoms with van der Waals surface area (Å²) in [4.78, 5) is 12.8. The topological polar surface area (TPSA) is 37.2 Å². The number of alkyl halides is 3. The number of aromatic nitrogens is 3. The van der Waals surface area contributed by atoms with Crippen LogP contribution in [0.1, 0.15) is 36.6 Å². The molecule has 3 heterocycles. The third-order valence-electron chi connectivity index (χ3n) is 4.94. The Kier molecular flexibility index (Phi) is 6.04. The van der Waals surface area contributed by atoms with Gasteiger partial charge in [0.05, 0.1) is 5.56 Å². The average molecular weight is 381 g/mol. The standard InChI is InChI=1S/C19H26F3N5/c1-25(2)9-4-11-26-12-8-23-18(26)15-5-3-10-27(14-15)17-7-6-16(13-24-17)19(20,21)22/h6-8,12-13,15H,3-5,9-11,14H2,1-2H3/t15-/m0/s1. The number of pyridine rings is 1. The summed E-state index contributed by atoms with van der Waals surface area (Å²) in [5, 5.41) is 0. The van der Waals surface area contributed by atoms with Crippen LogP contribution in [0.25, 0.3) is 0 Å². The van der Waals surface area contributed by atoms with Gasteiger partial charge in [0.2, 0.25) is 0 Å². The molecule has 27 heavy (non-hydrogen) atoms. The Morgan fingerprint density at radius 3 is 2.70 bits per heavy atom. The Morgan fingerprint density at radius 2 is 2.04 bits per heavy atom. The van der Waals surface area contributed by atoms with E-state index in [9.17, 15) is 13.2 Å². The van der Waals surface area contributed by atoms with Crippen molar-refractivity contribution < 1.29 is 13.2 Å². The van der Waals surface area contributed by atoms with E-state index in [1.807, 2.05) is 12.4 Å². The second-order valence-electron chi connectivity index (χ2n) is 7.32. The molecular weight excluding hydrogens is 355 g/mol. The highest BCUT2D eigenvalue weighted by Gasteiger charge is 2.31. The largest absolute Gasteiger partial charge is 0.417 e. The number of imidazole rings is 1. The zero-order chi connectivity index (χ0) is 19.4. The van der Waals surface area contributed by atoms with Crippen molar-refractivity contribution in [3.8, 4) is 0 Å². The third-order valence-corrected chi connectivity index (χ3v) is 4.94. The molecule has 2 aromatic heterocycles. The molecule has 8 heteroatoms. The minimum absolute atomic E-state index is 0.261. The maximum absolute atomic E-state index is 12.7. The molecule has 5 nitrogen and oxygen atoms in total. The van der Waals surface area contributed by atoms with Gasteiger partial charge in [-0.2, -0.15) is 13.2 Å². The number of piperidine rings is 1. The molecule has 2 aromatic rings. The monoisotopic (exact) mass is 381 g/mol. The Labute approximate surface area is 157 Å². The van der Waals surface area contributed by atoms with Crippen LogP contribution < -0.4 is 4.90 Å². The number of hydrogen-bond donors (Lipinski definition) is 0. The predicted octanol–water partition coefficient (Wildman–Crippen LogP) is 3.63. The van der Waals surface area contributed by atoms with E-state index in [0.29, 0.717) is 5.82 Å². The summed E-state index contributed by atoms with van der Waals surface area (Å²) in [6.45, 7) is 3.46. The van der Waals surface area contributed by atoms with Gasteiger partial charge in [0.15, 0.2) is 0 Å². The summed E-state index contributed by atoms with van der Waals surface area (Å²) in [6, 6.07) is 2.57. The van der Waals surface area contributed by atoms with Crippen molar-refractivity contribution in [2.45, 2.75) is 37.9 Å². The SMILES string of the molecule is CN(C)CCCn1ccnc1[C@H]1CCCN(c2ccc(C(F)(F)F)cn2)C1. The van der Waals surface area contributed by atoms with Crippen LogP contribution in [0.5, 0.6) is 0 Å². The maximum atomic E-state index is 12.7. The van der Waals surface area contributed by atoms with Crippen LogP contribution in [0.3, 0.4) is 0 Å². The first kappa shape index (κ1) is 19.7. The van der Waals surface area contributed by atoms with Gasteiger partial charge < -0.3 is 14.4 Å². The van der Waals surface area contributed by atoms with Crippen molar-refractivity contribution in [1.29, 1.82) is 0 Å². The molecule has 0 unspecified atom stereocenters. The van der Waals surface area contributed by atoms with Crippen molar-refractivity contribution in [2.24, 2.45) is 0 Å². The normalized spacial score (nSPS) is 18.3. The zero-order valence-corrected chi connectivity index (χ0v) is 15.8. The van der Waals surface area contributed by atoms with E-state index < -0.39 is 11.7 Å². The molecule has 1 saturated heterocycles. The lowest BCUT2D eigenvalue weighted by molar-refractivity contribution is -0.137. The molecule has 0 aliphatic carbocycles. The number of anilines is 1. The van der Waals surface area contributed by atoms with Gasteiger partial charge in [0, 0.05) is 44.1 Å². The lowest BCUT2D eigenvalue weighted by atomic mass is 9.97. The van der Waals surface area contributed by atoms with Crippen LogP contribution in [0.4, 0.5) is 19.0 Å². The smallest absolute Gasteiger partial charge is 0.356 e. The maximum Gasteiger partial charge on any atom is 0.417 e. The second-order valence-corrected chi connectivity index (χ2v) is 7.32. The van der Waals surface area contributed by atoms with E-state index in [2.05, 4.69) is 38.4 Å². The summed E-state index contributed by atoms with van der Waals surface area (Å²) in [5.74, 6) is 1.92. The molecule has 0 N–H and O–H groups in total. The van der Waals surface area contributed by atoms with Gasteiger partial charge in [0.25, 0.3) is 0 Å². The summed E-state index contributed by atoms with van der Waals surface area (Å²) in [6.07, 6.45) is 3.46. The highest BCUT2D eigenvalue weighted by Crippen LogP contribution is 2.31. The van der Waals surface area contributed by atoms with E-state index in [0.717, 1.165) is 63.5 Å². The minimum Gasteiger partial charge on any atom is -0.356 e. The number of halogens is 3. The highest BCUT2D eigenvalue weighted by atomic mass is 19.4. The van der Waals surface area contributed by atoms with Gasteiger partial charge in [-0.05, 0) is 52.0 Å². The van der Waals surface area contributed by atoms with E-state index in [4.69, 9.17) is 0 Å². The molecule has 0 aromatic carbocycles. The van der Waals surface area contributed by atoms with Crippen LogP contribution >= 0.6 is 0 Å². The van der Waals surface area contributed by atoms with E-state index in [-0.39, 0.29) is 5.92 Å². The third kappa shape index (κ3) is 5.00. The zero-order valence-electron chi connectivity index (χ0n) is 15.8. The van der Waals surface area contributed by atoms with Crippen LogP contribution in [0, 0.1) is 0 Å². The molecule has 3 rings (SSSR count). The van der Waals surface area contributed by atoms with Crippen LogP contribution in [-0.2, 0) is 12.7 Å². The Bertz CT molecular complexity index is 724. The number of aryl methyl sites for hydroxylation is 1. The summed E-state index contributed by atoms with van der Waals surface area (Å²) in [7, 11) is 4.12. The molecule has 1 aliphatic heterocycles. The van der Waals surface area contributed by atoms with Crippen molar-refractivity contribution in [3.05, 3.63) is 42.1 Å².